The highest BCUT2D eigenvalue weighted by Crippen LogP contribution is 2.32. The molecule has 0 fully saturated rings. The fourth-order valence-corrected chi connectivity index (χ4v) is 3.96. The monoisotopic (exact) mass is 468 g/mol. The molecule has 0 saturated carbocycles. The third kappa shape index (κ3) is 5.06. The van der Waals surface area contributed by atoms with Crippen LogP contribution in [0.4, 0.5) is 30.2 Å². The third-order valence-corrected chi connectivity index (χ3v) is 5.62. The summed E-state index contributed by atoms with van der Waals surface area (Å²) in [6, 6.07) is 18.6. The summed E-state index contributed by atoms with van der Waals surface area (Å²) in [5.74, 6) is -1.08. The Bertz CT molecular complexity index is 1210. The average molecular weight is 468 g/mol. The Labute approximate surface area is 195 Å². The van der Waals surface area contributed by atoms with Gasteiger partial charge in [0.15, 0.2) is 6.10 Å². The summed E-state index contributed by atoms with van der Waals surface area (Å²) in [6.45, 7) is 2.05. The Kier molecular flexibility index (Phi) is 6.58. The van der Waals surface area contributed by atoms with Crippen LogP contribution in [0, 0.1) is 0 Å². The van der Waals surface area contributed by atoms with Crippen LogP contribution in [0.25, 0.3) is 0 Å². The van der Waals surface area contributed by atoms with Gasteiger partial charge in [0.1, 0.15) is 0 Å². The van der Waals surface area contributed by atoms with E-state index in [4.69, 9.17) is 4.74 Å². The van der Waals surface area contributed by atoms with Crippen molar-refractivity contribution in [3.8, 4) is 0 Å². The van der Waals surface area contributed by atoms with E-state index >= 15 is 0 Å². The molecule has 1 heterocycles. The van der Waals surface area contributed by atoms with E-state index in [0.29, 0.717) is 6.54 Å². The van der Waals surface area contributed by atoms with Crippen LogP contribution in [0.2, 0.25) is 0 Å². The smallest absolute Gasteiger partial charge is 0.416 e. The van der Waals surface area contributed by atoms with Crippen molar-refractivity contribution in [1.82, 2.24) is 0 Å². The summed E-state index contributed by atoms with van der Waals surface area (Å²) < 4.78 is 44.6. The number of nitrogens with one attached hydrogen (secondary N) is 1. The Hall–Kier alpha value is -3.81. The van der Waals surface area contributed by atoms with Crippen LogP contribution in [-0.2, 0) is 22.1 Å². The van der Waals surface area contributed by atoms with E-state index in [-0.39, 0.29) is 22.8 Å². The van der Waals surface area contributed by atoms with Crippen molar-refractivity contribution in [3.63, 3.8) is 0 Å². The number of benzene rings is 3. The molecule has 8 heteroatoms. The number of nitrogens with zero attached hydrogens (tertiary/aromatic N) is 1. The Morgan fingerprint density at radius 3 is 2.53 bits per heavy atom. The van der Waals surface area contributed by atoms with Gasteiger partial charge in [0.2, 0.25) is 0 Å². The standard InChI is InChI=1S/C26H23F3N2O3/c1-17(24(32)31-15-7-9-18-8-2-5-14-23(18)31)34-25(33)21-12-3-4-13-22(21)30-20-11-6-10-19(16-20)26(27,28)29/h2-6,8,10-14,16-17,30H,7,9,15H2,1H3/t17-/m1/s1. The molecule has 0 aromatic heterocycles. The van der Waals surface area contributed by atoms with E-state index in [9.17, 15) is 22.8 Å². The number of para-hydroxylation sites is 2. The number of alkyl halides is 3. The zero-order valence-corrected chi connectivity index (χ0v) is 18.4. The first-order valence-corrected chi connectivity index (χ1v) is 10.9. The lowest BCUT2D eigenvalue weighted by Crippen LogP contribution is -2.42. The van der Waals surface area contributed by atoms with Gasteiger partial charge in [0.25, 0.3) is 5.91 Å². The van der Waals surface area contributed by atoms with E-state index in [0.717, 1.165) is 36.2 Å². The van der Waals surface area contributed by atoms with Crippen molar-refractivity contribution < 1.29 is 27.5 Å². The molecule has 1 aliphatic heterocycles. The van der Waals surface area contributed by atoms with Gasteiger partial charge in [-0.2, -0.15) is 13.2 Å². The van der Waals surface area contributed by atoms with E-state index < -0.39 is 23.8 Å². The van der Waals surface area contributed by atoms with E-state index in [2.05, 4.69) is 5.32 Å². The average Bonchev–Trinajstić information content (AvgIpc) is 2.83. The van der Waals surface area contributed by atoms with Gasteiger partial charge < -0.3 is 15.0 Å². The fourth-order valence-electron chi connectivity index (χ4n) is 3.96. The molecule has 0 saturated heterocycles. The van der Waals surface area contributed by atoms with Gasteiger partial charge in [-0.1, -0.05) is 36.4 Å². The normalized spacial score (nSPS) is 14.2. The number of aryl methyl sites for hydroxylation is 1. The predicted octanol–water partition coefficient (Wildman–Crippen LogP) is 5.97. The quantitative estimate of drug-likeness (QED) is 0.469. The summed E-state index contributed by atoms with van der Waals surface area (Å²) in [5, 5.41) is 2.85. The number of rotatable bonds is 5. The zero-order valence-electron chi connectivity index (χ0n) is 18.4. The highest BCUT2D eigenvalue weighted by molar-refractivity contribution is 6.01. The van der Waals surface area contributed by atoms with E-state index in [1.165, 1.54) is 25.1 Å². The van der Waals surface area contributed by atoms with Gasteiger partial charge in [0.05, 0.1) is 16.8 Å². The Morgan fingerprint density at radius 1 is 1.00 bits per heavy atom. The number of hydrogen-bond donors (Lipinski definition) is 1. The van der Waals surface area contributed by atoms with E-state index in [1.807, 2.05) is 24.3 Å². The van der Waals surface area contributed by atoms with Gasteiger partial charge >= 0.3 is 12.1 Å². The molecule has 3 aromatic carbocycles. The largest absolute Gasteiger partial charge is 0.449 e. The van der Waals surface area contributed by atoms with Crippen molar-refractivity contribution in [2.24, 2.45) is 0 Å². The number of anilines is 3. The number of carbonyl (C=O) groups is 2. The van der Waals surface area contributed by atoms with Crippen LogP contribution < -0.4 is 10.2 Å². The first-order chi connectivity index (χ1) is 16.2. The first-order valence-electron chi connectivity index (χ1n) is 10.9. The predicted molar refractivity (Wildman–Crippen MR) is 123 cm³/mol. The Balaban J connectivity index is 1.50. The molecule has 0 bridgehead atoms. The maximum absolute atomic E-state index is 13.1. The molecule has 1 N–H and O–H groups in total. The summed E-state index contributed by atoms with van der Waals surface area (Å²) in [5.41, 5.74) is 1.63. The number of carbonyl (C=O) groups excluding carboxylic acids is 2. The summed E-state index contributed by atoms with van der Waals surface area (Å²) in [6.07, 6.45) is -3.84. The summed E-state index contributed by atoms with van der Waals surface area (Å²) in [7, 11) is 0. The lowest BCUT2D eigenvalue weighted by atomic mass is 10.0. The number of ether oxygens (including phenoxy) is 1. The van der Waals surface area contributed by atoms with Crippen LogP contribution in [-0.4, -0.2) is 24.5 Å². The molecule has 0 spiro atoms. The van der Waals surface area contributed by atoms with E-state index in [1.54, 1.807) is 23.1 Å². The number of amides is 1. The van der Waals surface area contributed by atoms with Crippen LogP contribution >= 0.6 is 0 Å². The maximum Gasteiger partial charge on any atom is 0.416 e. The molecule has 0 radical (unpaired) electrons. The highest BCUT2D eigenvalue weighted by Gasteiger charge is 2.31. The van der Waals surface area contributed by atoms with Crippen molar-refractivity contribution in [2.75, 3.05) is 16.8 Å². The molecular formula is C26H23F3N2O3. The van der Waals surface area contributed by atoms with Crippen molar-refractivity contribution in [1.29, 1.82) is 0 Å². The van der Waals surface area contributed by atoms with Crippen LogP contribution in [0.15, 0.2) is 72.8 Å². The molecule has 1 aliphatic rings. The van der Waals surface area contributed by atoms with Crippen LogP contribution in [0.1, 0.15) is 34.8 Å². The topological polar surface area (TPSA) is 58.6 Å². The highest BCUT2D eigenvalue weighted by atomic mass is 19.4. The molecule has 1 atom stereocenters. The molecule has 1 amide bonds. The number of halogens is 3. The van der Waals surface area contributed by atoms with Gasteiger partial charge in [-0.15, -0.1) is 0 Å². The molecule has 3 aromatic rings. The number of esters is 1. The summed E-state index contributed by atoms with van der Waals surface area (Å²) in [4.78, 5) is 27.6. The lowest BCUT2D eigenvalue weighted by molar-refractivity contribution is -0.137. The lowest BCUT2D eigenvalue weighted by Gasteiger charge is -2.31. The van der Waals surface area contributed by atoms with Gasteiger partial charge in [-0.05, 0) is 61.7 Å². The second-order valence-electron chi connectivity index (χ2n) is 8.02. The SMILES string of the molecule is C[C@@H](OC(=O)c1ccccc1Nc1cccc(C(F)(F)F)c1)C(=O)N1CCCc2ccccc21. The summed E-state index contributed by atoms with van der Waals surface area (Å²) >= 11 is 0. The van der Waals surface area contributed by atoms with Crippen LogP contribution in [0.5, 0.6) is 0 Å². The third-order valence-electron chi connectivity index (χ3n) is 5.62. The van der Waals surface area contributed by atoms with Gasteiger partial charge in [-0.25, -0.2) is 4.79 Å². The second-order valence-corrected chi connectivity index (χ2v) is 8.02. The number of fused-ring (bicyclic) bond motifs is 1. The molecule has 34 heavy (non-hydrogen) atoms. The number of hydrogen-bond acceptors (Lipinski definition) is 4. The molecule has 0 aliphatic carbocycles. The minimum atomic E-state index is -4.49. The Morgan fingerprint density at radius 2 is 1.74 bits per heavy atom. The molecular weight excluding hydrogens is 445 g/mol. The molecule has 5 nitrogen and oxygen atoms in total. The molecule has 176 valence electrons. The van der Waals surface area contributed by atoms with Crippen molar-refractivity contribution in [3.05, 3.63) is 89.5 Å². The fraction of sp³-hybridized carbons (Fsp3) is 0.231. The zero-order chi connectivity index (χ0) is 24.3. The minimum absolute atomic E-state index is 0.110. The first kappa shape index (κ1) is 23.4. The van der Waals surface area contributed by atoms with Crippen molar-refractivity contribution in [2.45, 2.75) is 32.0 Å². The van der Waals surface area contributed by atoms with Gasteiger partial charge in [0, 0.05) is 17.9 Å². The minimum Gasteiger partial charge on any atom is -0.449 e. The van der Waals surface area contributed by atoms with Gasteiger partial charge in [-0.3, -0.25) is 4.79 Å². The maximum atomic E-state index is 13.1. The van der Waals surface area contributed by atoms with Crippen LogP contribution in [0.3, 0.4) is 0 Å². The molecule has 0 unspecified atom stereocenters. The second kappa shape index (κ2) is 9.59. The molecule has 4 rings (SSSR count). The van der Waals surface area contributed by atoms with Crippen molar-refractivity contribution >= 4 is 28.9 Å².